The molecule has 0 amide bonds. The van der Waals surface area contributed by atoms with E-state index in [0.717, 1.165) is 11.8 Å². The molecule has 0 bridgehead atoms. The Labute approximate surface area is 209 Å². The molecule has 0 saturated heterocycles. The highest BCUT2D eigenvalue weighted by atomic mass is 32.2. The number of methoxy groups -OCH3 is 1. The van der Waals surface area contributed by atoms with Crippen LogP contribution in [0.25, 0.3) is 0 Å². The molecule has 0 radical (unpaired) electrons. The van der Waals surface area contributed by atoms with E-state index in [2.05, 4.69) is 4.74 Å². The molecule has 3 aromatic carbocycles. The third kappa shape index (κ3) is 7.90. The summed E-state index contributed by atoms with van der Waals surface area (Å²) in [6.45, 7) is 0.406. The van der Waals surface area contributed by atoms with Gasteiger partial charge in [-0.3, -0.25) is 4.79 Å². The predicted octanol–water partition coefficient (Wildman–Crippen LogP) is 5.22. The number of hydrogen-bond donors (Lipinski definition) is 1. The summed E-state index contributed by atoms with van der Waals surface area (Å²) in [6.07, 6.45) is -5.20. The number of halogens is 3. The summed E-state index contributed by atoms with van der Waals surface area (Å²) in [5.41, 5.74) is 0.254. The van der Waals surface area contributed by atoms with Gasteiger partial charge in [0.25, 0.3) is 0 Å². The SMILES string of the molecule is COCCOc1cc(CC(=O)O)cc(S(=O)(=O)c2ccc(Sc3cccc(OC(F)(F)F)c3)cc2)c1. The summed E-state index contributed by atoms with van der Waals surface area (Å²) in [5, 5.41) is 9.13. The Morgan fingerprint density at radius 3 is 2.28 bits per heavy atom. The zero-order valence-electron chi connectivity index (χ0n) is 18.8. The zero-order valence-corrected chi connectivity index (χ0v) is 20.5. The van der Waals surface area contributed by atoms with Crippen LogP contribution in [0.2, 0.25) is 0 Å². The molecule has 0 aliphatic carbocycles. The van der Waals surface area contributed by atoms with Crippen molar-refractivity contribution in [2.24, 2.45) is 0 Å². The minimum Gasteiger partial charge on any atom is -0.491 e. The smallest absolute Gasteiger partial charge is 0.491 e. The average molecular weight is 543 g/mol. The Kier molecular flexibility index (Phi) is 8.88. The fraction of sp³-hybridized carbons (Fsp3) is 0.208. The Bertz CT molecular complexity index is 1310. The maximum Gasteiger partial charge on any atom is 0.573 e. The molecule has 0 aliphatic rings. The van der Waals surface area contributed by atoms with Gasteiger partial charge < -0.3 is 19.3 Å². The lowest BCUT2D eigenvalue weighted by molar-refractivity contribution is -0.274. The van der Waals surface area contributed by atoms with E-state index in [0.29, 0.717) is 9.79 Å². The van der Waals surface area contributed by atoms with Crippen LogP contribution in [0.1, 0.15) is 5.56 Å². The Morgan fingerprint density at radius 1 is 0.917 bits per heavy atom. The molecule has 0 aliphatic heterocycles. The molecule has 0 unspecified atom stereocenters. The van der Waals surface area contributed by atoms with Crippen molar-refractivity contribution in [1.82, 2.24) is 0 Å². The molecule has 0 aromatic heterocycles. The van der Waals surface area contributed by atoms with E-state index in [4.69, 9.17) is 14.6 Å². The normalized spacial score (nSPS) is 11.8. The van der Waals surface area contributed by atoms with Crippen LogP contribution in [0.4, 0.5) is 13.2 Å². The van der Waals surface area contributed by atoms with Crippen molar-refractivity contribution < 1.29 is 45.7 Å². The number of alkyl halides is 3. The minimum atomic E-state index is -4.81. The fourth-order valence-corrected chi connectivity index (χ4v) is 5.29. The van der Waals surface area contributed by atoms with Crippen molar-refractivity contribution >= 4 is 27.6 Å². The second-order valence-electron chi connectivity index (χ2n) is 7.32. The van der Waals surface area contributed by atoms with Gasteiger partial charge in [0.2, 0.25) is 9.84 Å². The molecule has 192 valence electrons. The molecule has 12 heteroatoms. The highest BCUT2D eigenvalue weighted by Crippen LogP contribution is 2.33. The van der Waals surface area contributed by atoms with Crippen molar-refractivity contribution in [1.29, 1.82) is 0 Å². The van der Waals surface area contributed by atoms with Crippen LogP contribution in [0.3, 0.4) is 0 Å². The highest BCUT2D eigenvalue weighted by molar-refractivity contribution is 7.99. The lowest BCUT2D eigenvalue weighted by atomic mass is 10.1. The Morgan fingerprint density at radius 2 is 1.64 bits per heavy atom. The minimum absolute atomic E-state index is 0.0451. The Hall–Kier alpha value is -3.22. The number of ether oxygens (including phenoxy) is 3. The molecule has 0 spiro atoms. The van der Waals surface area contributed by atoms with Crippen molar-refractivity contribution in [2.75, 3.05) is 20.3 Å². The molecule has 36 heavy (non-hydrogen) atoms. The van der Waals surface area contributed by atoms with Gasteiger partial charge in [-0.05, 0) is 66.2 Å². The van der Waals surface area contributed by atoms with Gasteiger partial charge >= 0.3 is 12.3 Å². The van der Waals surface area contributed by atoms with E-state index in [-0.39, 0.29) is 40.1 Å². The van der Waals surface area contributed by atoms with Crippen LogP contribution in [-0.4, -0.2) is 46.2 Å². The van der Waals surface area contributed by atoms with Crippen LogP contribution < -0.4 is 9.47 Å². The lowest BCUT2D eigenvalue weighted by Crippen LogP contribution is -2.17. The fourth-order valence-electron chi connectivity index (χ4n) is 3.08. The standard InChI is InChI=1S/C24H21F3O7S2/c1-32-9-10-33-18-11-16(13-23(28)29)12-22(15-18)36(30,31)21-7-5-19(6-8-21)35-20-4-2-3-17(14-20)34-24(25,26)27/h2-8,11-12,14-15H,9-10,13H2,1H3,(H,28,29). The molecular weight excluding hydrogens is 521 g/mol. The van der Waals surface area contributed by atoms with E-state index in [1.54, 1.807) is 6.07 Å². The first kappa shape index (κ1) is 27.4. The van der Waals surface area contributed by atoms with Gasteiger partial charge in [0.15, 0.2) is 0 Å². The maximum absolute atomic E-state index is 13.2. The van der Waals surface area contributed by atoms with Gasteiger partial charge in [-0.15, -0.1) is 13.2 Å². The molecule has 0 heterocycles. The molecule has 7 nitrogen and oxygen atoms in total. The number of hydrogen-bond acceptors (Lipinski definition) is 7. The van der Waals surface area contributed by atoms with Crippen LogP contribution in [0.5, 0.6) is 11.5 Å². The van der Waals surface area contributed by atoms with Crippen molar-refractivity contribution in [2.45, 2.75) is 32.4 Å². The quantitative estimate of drug-likeness (QED) is 0.329. The van der Waals surface area contributed by atoms with E-state index >= 15 is 0 Å². The largest absolute Gasteiger partial charge is 0.573 e. The number of aliphatic carboxylic acids is 1. The molecule has 0 atom stereocenters. The highest BCUT2D eigenvalue weighted by Gasteiger charge is 2.31. The molecule has 3 aromatic rings. The number of carboxylic acids is 1. The first-order chi connectivity index (χ1) is 17.0. The summed E-state index contributed by atoms with van der Waals surface area (Å²) in [7, 11) is -2.54. The third-order valence-electron chi connectivity index (χ3n) is 4.57. The van der Waals surface area contributed by atoms with Gasteiger partial charge in [0.1, 0.15) is 18.1 Å². The average Bonchev–Trinajstić information content (AvgIpc) is 2.78. The third-order valence-corrected chi connectivity index (χ3v) is 7.32. The van der Waals surface area contributed by atoms with Crippen LogP contribution >= 0.6 is 11.8 Å². The van der Waals surface area contributed by atoms with Crippen molar-refractivity contribution in [3.63, 3.8) is 0 Å². The van der Waals surface area contributed by atoms with Crippen molar-refractivity contribution in [3.8, 4) is 11.5 Å². The first-order valence-electron chi connectivity index (χ1n) is 10.3. The van der Waals surface area contributed by atoms with E-state index < -0.39 is 28.6 Å². The number of carbonyl (C=O) groups is 1. The summed E-state index contributed by atoms with van der Waals surface area (Å²) in [5.74, 6) is -1.30. The first-order valence-corrected chi connectivity index (χ1v) is 12.6. The van der Waals surface area contributed by atoms with Gasteiger partial charge in [-0.25, -0.2) is 8.42 Å². The monoisotopic (exact) mass is 542 g/mol. The second kappa shape index (κ2) is 11.7. The van der Waals surface area contributed by atoms with E-state index in [1.807, 2.05) is 0 Å². The molecular formula is C24H21F3O7S2. The number of rotatable bonds is 11. The summed E-state index contributed by atoms with van der Waals surface area (Å²) < 4.78 is 78.2. The zero-order chi connectivity index (χ0) is 26.3. The van der Waals surface area contributed by atoms with E-state index in [9.17, 15) is 26.4 Å². The van der Waals surface area contributed by atoms with Gasteiger partial charge in [0, 0.05) is 16.9 Å². The molecule has 0 saturated carbocycles. The van der Waals surface area contributed by atoms with Crippen LogP contribution in [-0.2, 0) is 25.8 Å². The van der Waals surface area contributed by atoms with Crippen LogP contribution in [0.15, 0.2) is 86.3 Å². The summed E-state index contributed by atoms with van der Waals surface area (Å²) in [6, 6.07) is 15.2. The molecule has 3 rings (SSSR count). The van der Waals surface area contributed by atoms with Crippen LogP contribution in [0, 0.1) is 0 Å². The molecule has 0 fully saturated rings. The number of benzene rings is 3. The number of sulfone groups is 1. The summed E-state index contributed by atoms with van der Waals surface area (Å²) in [4.78, 5) is 12.0. The van der Waals surface area contributed by atoms with Gasteiger partial charge in [0.05, 0.1) is 22.8 Å². The topological polar surface area (TPSA) is 99.1 Å². The molecule has 1 N–H and O–H groups in total. The second-order valence-corrected chi connectivity index (χ2v) is 10.4. The lowest BCUT2D eigenvalue weighted by Gasteiger charge is -2.12. The Balaban J connectivity index is 1.83. The van der Waals surface area contributed by atoms with E-state index in [1.165, 1.54) is 67.8 Å². The van der Waals surface area contributed by atoms with Gasteiger partial charge in [-0.2, -0.15) is 0 Å². The summed E-state index contributed by atoms with van der Waals surface area (Å²) >= 11 is 1.13. The predicted molar refractivity (Wildman–Crippen MR) is 124 cm³/mol. The van der Waals surface area contributed by atoms with Crippen molar-refractivity contribution in [3.05, 3.63) is 72.3 Å². The maximum atomic E-state index is 13.2. The number of carboxylic acid groups (broad SMARTS) is 1. The van der Waals surface area contributed by atoms with Gasteiger partial charge in [-0.1, -0.05) is 17.8 Å².